The molecule has 0 heterocycles. The van der Waals surface area contributed by atoms with Gasteiger partial charge in [-0.15, -0.1) is 0 Å². The fourth-order valence-electron chi connectivity index (χ4n) is 0.0393. The molecule has 0 aliphatic rings. The van der Waals surface area contributed by atoms with Crippen LogP contribution in [-0.4, -0.2) is 11.8 Å². The molecular formula is C2H4OS2. The number of rotatable bonds is 2. The van der Waals surface area contributed by atoms with Crippen LogP contribution >= 0.6 is 24.3 Å². The van der Waals surface area contributed by atoms with Crippen molar-refractivity contribution >= 4 is 29.8 Å². The molecule has 0 fully saturated rings. The molecule has 0 amide bonds. The molecule has 0 spiro atoms. The highest BCUT2D eigenvalue weighted by molar-refractivity contribution is 7.95. The first kappa shape index (κ1) is 5.24. The zero-order chi connectivity index (χ0) is 4.12. The predicted molar refractivity (Wildman–Crippen MR) is 28.3 cm³/mol. The Labute approximate surface area is 40.9 Å². The van der Waals surface area contributed by atoms with Crippen molar-refractivity contribution in [1.29, 1.82) is 0 Å². The molecule has 0 aliphatic carbocycles. The molecule has 5 heavy (non-hydrogen) atoms. The maximum atomic E-state index is 4.44. The molecular weight excluding hydrogens is 104 g/mol. The van der Waals surface area contributed by atoms with Crippen molar-refractivity contribution in [3.05, 3.63) is 0 Å². The van der Waals surface area contributed by atoms with Gasteiger partial charge in [-0.2, -0.15) is 0 Å². The topological polar surface area (TPSA) is 9.23 Å². The number of hydrogen-bond acceptors (Lipinski definition) is 3. The van der Waals surface area contributed by atoms with E-state index in [2.05, 4.69) is 16.4 Å². The lowest BCUT2D eigenvalue weighted by atomic mass is 11.7. The first-order valence-corrected chi connectivity index (χ1v) is 2.67. The van der Waals surface area contributed by atoms with Crippen LogP contribution in [0.25, 0.3) is 0 Å². The van der Waals surface area contributed by atoms with Crippen LogP contribution in [0.4, 0.5) is 0 Å². The normalized spacial score (nSPS) is 6.60. The number of hydrogen-bond donors (Lipinski definition) is 0. The summed E-state index contributed by atoms with van der Waals surface area (Å²) in [6.45, 7) is 0. The average Bonchev–Trinajstić information content (AvgIpc) is 1.41. The van der Waals surface area contributed by atoms with Gasteiger partial charge in [-0.25, -0.2) is 0 Å². The minimum atomic E-state index is 1.23. The Morgan fingerprint density at radius 1 is 2.00 bits per heavy atom. The summed E-state index contributed by atoms with van der Waals surface area (Å²) >= 11 is 5.52. The molecule has 0 aromatic carbocycles. The second kappa shape index (κ2) is 4.24. The van der Waals surface area contributed by atoms with Gasteiger partial charge in [-0.1, -0.05) is 0 Å². The van der Waals surface area contributed by atoms with E-state index in [9.17, 15) is 0 Å². The highest BCUT2D eigenvalue weighted by Gasteiger charge is 1.59. The van der Waals surface area contributed by atoms with E-state index in [1.54, 1.807) is 0 Å². The van der Waals surface area contributed by atoms with E-state index in [0.29, 0.717) is 0 Å². The Hall–Kier alpha value is 0.240. The van der Waals surface area contributed by atoms with E-state index in [0.717, 1.165) is 0 Å². The molecule has 1 nitrogen and oxygen atoms in total. The Morgan fingerprint density at radius 3 is 2.60 bits per heavy atom. The van der Waals surface area contributed by atoms with Gasteiger partial charge in [0.15, 0.2) is 5.55 Å². The van der Waals surface area contributed by atoms with Gasteiger partial charge in [0.2, 0.25) is 0 Å². The minimum absolute atomic E-state index is 1.23. The van der Waals surface area contributed by atoms with Crippen molar-refractivity contribution in [1.82, 2.24) is 0 Å². The third-order valence-electron chi connectivity index (χ3n) is 0.136. The highest BCUT2D eigenvalue weighted by Crippen LogP contribution is 1.87. The third-order valence-corrected chi connectivity index (χ3v) is 0.642. The molecule has 0 aromatic heterocycles. The van der Waals surface area contributed by atoms with Crippen molar-refractivity contribution in [3.8, 4) is 0 Å². The first-order chi connectivity index (χ1) is 2.41. The van der Waals surface area contributed by atoms with Gasteiger partial charge in [0.1, 0.15) is 0 Å². The summed E-state index contributed by atoms with van der Waals surface area (Å²) in [5, 5.41) is 0. The van der Waals surface area contributed by atoms with Crippen LogP contribution in [0.2, 0.25) is 0 Å². The lowest BCUT2D eigenvalue weighted by Gasteiger charge is -1.79. The highest BCUT2D eigenvalue weighted by atomic mass is 32.2. The van der Waals surface area contributed by atoms with E-state index in [1.807, 2.05) is 6.26 Å². The largest absolute Gasteiger partial charge is 0.422 e. The summed E-state index contributed by atoms with van der Waals surface area (Å²) in [4.78, 5) is 0. The van der Waals surface area contributed by atoms with Gasteiger partial charge in [-0.05, 0) is 12.2 Å². The molecule has 0 N–H and O–H groups in total. The maximum absolute atomic E-state index is 4.44. The molecule has 0 aliphatic heterocycles. The fourth-order valence-corrected chi connectivity index (χ4v) is 0.354. The van der Waals surface area contributed by atoms with Crippen LogP contribution < -0.4 is 0 Å². The van der Waals surface area contributed by atoms with E-state index in [1.165, 1.54) is 17.6 Å². The van der Waals surface area contributed by atoms with Gasteiger partial charge in [0.05, 0.1) is 12.0 Å². The second-order valence-corrected chi connectivity index (χ2v) is 1.08. The summed E-state index contributed by atoms with van der Waals surface area (Å²) < 4.78 is 4.44. The Bertz CT molecular complexity index is 28.8. The van der Waals surface area contributed by atoms with E-state index < -0.39 is 0 Å². The zero-order valence-electron chi connectivity index (χ0n) is 2.80. The molecule has 0 saturated heterocycles. The molecule has 0 unspecified atom stereocenters. The Morgan fingerprint density at radius 2 is 2.60 bits per heavy atom. The first-order valence-electron chi connectivity index (χ1n) is 1.05. The molecule has 3 heteroatoms. The SMILES string of the molecule is CSOC=S. The van der Waals surface area contributed by atoms with Crippen molar-refractivity contribution < 1.29 is 4.18 Å². The van der Waals surface area contributed by atoms with E-state index in [4.69, 9.17) is 0 Å². The van der Waals surface area contributed by atoms with Gasteiger partial charge >= 0.3 is 0 Å². The molecule has 0 bridgehead atoms. The summed E-state index contributed by atoms with van der Waals surface area (Å²) in [6, 6.07) is 0. The van der Waals surface area contributed by atoms with E-state index >= 15 is 0 Å². The van der Waals surface area contributed by atoms with Crippen molar-refractivity contribution in [2.45, 2.75) is 0 Å². The molecule has 0 aromatic rings. The van der Waals surface area contributed by atoms with Gasteiger partial charge < -0.3 is 4.18 Å². The van der Waals surface area contributed by atoms with Crippen LogP contribution in [0, 0.1) is 0 Å². The van der Waals surface area contributed by atoms with Gasteiger partial charge in [0.25, 0.3) is 0 Å². The molecule has 0 saturated carbocycles. The Balaban J connectivity index is 2.40. The average molecular weight is 108 g/mol. The van der Waals surface area contributed by atoms with Crippen LogP contribution in [0.1, 0.15) is 0 Å². The lowest BCUT2D eigenvalue weighted by molar-refractivity contribution is 0.693. The fraction of sp³-hybridized carbons (Fsp3) is 0.500. The molecule has 0 atom stereocenters. The molecule has 30 valence electrons. The molecule has 0 rings (SSSR count). The summed E-state index contributed by atoms with van der Waals surface area (Å²) in [5.41, 5.74) is 1.23. The van der Waals surface area contributed by atoms with Crippen LogP contribution in [0.15, 0.2) is 0 Å². The second-order valence-electron chi connectivity index (χ2n) is 0.359. The zero-order valence-corrected chi connectivity index (χ0v) is 4.44. The summed E-state index contributed by atoms with van der Waals surface area (Å²) in [6.07, 6.45) is 1.81. The quantitative estimate of drug-likeness (QED) is 0.389. The maximum Gasteiger partial charge on any atom is 0.164 e. The standard InChI is InChI=1S/C2H4OS2/c1-5-3-2-4/h2H,1H3. The summed E-state index contributed by atoms with van der Waals surface area (Å²) in [5.74, 6) is 0. The van der Waals surface area contributed by atoms with Crippen molar-refractivity contribution in [2.75, 3.05) is 6.26 Å². The van der Waals surface area contributed by atoms with Crippen LogP contribution in [-0.2, 0) is 4.18 Å². The van der Waals surface area contributed by atoms with Crippen LogP contribution in [0.3, 0.4) is 0 Å². The predicted octanol–water partition coefficient (Wildman–Crippen LogP) is 1.24. The molecule has 0 radical (unpaired) electrons. The van der Waals surface area contributed by atoms with Crippen molar-refractivity contribution in [2.24, 2.45) is 0 Å². The van der Waals surface area contributed by atoms with Crippen molar-refractivity contribution in [3.63, 3.8) is 0 Å². The van der Waals surface area contributed by atoms with Gasteiger partial charge in [0, 0.05) is 6.26 Å². The number of thiocarbonyl (C=S) groups is 1. The van der Waals surface area contributed by atoms with Crippen LogP contribution in [0.5, 0.6) is 0 Å². The van der Waals surface area contributed by atoms with E-state index in [-0.39, 0.29) is 0 Å². The van der Waals surface area contributed by atoms with Gasteiger partial charge in [-0.3, -0.25) is 0 Å². The third kappa shape index (κ3) is 4.24. The smallest absolute Gasteiger partial charge is 0.164 e. The minimum Gasteiger partial charge on any atom is -0.422 e. The summed E-state index contributed by atoms with van der Waals surface area (Å²) in [7, 11) is 0. The Kier molecular flexibility index (Phi) is 4.44. The lowest BCUT2D eigenvalue weighted by Crippen LogP contribution is -1.61. The monoisotopic (exact) mass is 108 g/mol.